The molecule has 0 aliphatic carbocycles. The van der Waals surface area contributed by atoms with E-state index in [0.717, 1.165) is 33.8 Å². The molecule has 0 aliphatic rings. The second-order valence-corrected chi connectivity index (χ2v) is 6.77. The Morgan fingerprint density at radius 2 is 1.57 bits per heavy atom. The van der Waals surface area contributed by atoms with E-state index in [9.17, 15) is 4.79 Å². The zero-order valence-corrected chi connectivity index (χ0v) is 16.8. The second-order valence-electron chi connectivity index (χ2n) is 6.77. The number of nitrogens with one attached hydrogen (secondary N) is 2. The van der Waals surface area contributed by atoms with Gasteiger partial charge in [-0.15, -0.1) is 0 Å². The first-order valence-corrected chi connectivity index (χ1v) is 9.01. The highest BCUT2D eigenvalue weighted by atomic mass is 16.5. The van der Waals surface area contributed by atoms with Crippen LogP contribution in [0, 0.1) is 27.7 Å². The van der Waals surface area contributed by atoms with E-state index in [1.165, 1.54) is 0 Å². The summed E-state index contributed by atoms with van der Waals surface area (Å²) in [6.07, 6.45) is 0. The molecule has 0 fully saturated rings. The number of methoxy groups -OCH3 is 1. The van der Waals surface area contributed by atoms with Gasteiger partial charge < -0.3 is 15.4 Å². The van der Waals surface area contributed by atoms with Crippen LogP contribution < -0.4 is 15.4 Å². The summed E-state index contributed by atoms with van der Waals surface area (Å²) in [6.45, 7) is 7.77. The lowest BCUT2D eigenvalue weighted by atomic mass is 10.0. The molecule has 144 valence electrons. The summed E-state index contributed by atoms with van der Waals surface area (Å²) in [5, 5.41) is 6.18. The highest BCUT2D eigenvalue weighted by Crippen LogP contribution is 2.23. The molecule has 0 aliphatic heterocycles. The number of aryl methyl sites for hydroxylation is 4. The average Bonchev–Trinajstić information content (AvgIpc) is 2.64. The van der Waals surface area contributed by atoms with Crippen molar-refractivity contribution in [3.8, 4) is 5.75 Å². The fraction of sp³-hybridized carbons (Fsp3) is 0.227. The molecule has 0 atom stereocenters. The zero-order valence-electron chi connectivity index (χ0n) is 16.8. The van der Waals surface area contributed by atoms with Gasteiger partial charge in [0.25, 0.3) is 5.91 Å². The van der Waals surface area contributed by atoms with Gasteiger partial charge in [-0.05, 0) is 63.1 Å². The maximum atomic E-state index is 12.8. The minimum atomic E-state index is -0.265. The maximum Gasteiger partial charge on any atom is 0.274 e. The van der Waals surface area contributed by atoms with Gasteiger partial charge in [-0.25, -0.2) is 9.97 Å². The van der Waals surface area contributed by atoms with Gasteiger partial charge in [-0.3, -0.25) is 4.79 Å². The highest BCUT2D eigenvalue weighted by Gasteiger charge is 2.14. The normalized spacial score (nSPS) is 10.5. The lowest BCUT2D eigenvalue weighted by molar-refractivity contribution is 0.102. The smallest absolute Gasteiger partial charge is 0.274 e. The topological polar surface area (TPSA) is 76.1 Å². The van der Waals surface area contributed by atoms with Gasteiger partial charge in [0.15, 0.2) is 0 Å². The van der Waals surface area contributed by atoms with Gasteiger partial charge in [-0.1, -0.05) is 17.7 Å². The van der Waals surface area contributed by atoms with Crippen molar-refractivity contribution in [2.24, 2.45) is 0 Å². The van der Waals surface area contributed by atoms with Crippen LogP contribution in [0.25, 0.3) is 0 Å². The first-order valence-electron chi connectivity index (χ1n) is 9.01. The highest BCUT2D eigenvalue weighted by molar-refractivity contribution is 6.04. The number of amides is 1. The molecule has 0 unspecified atom stereocenters. The van der Waals surface area contributed by atoms with Crippen LogP contribution in [0.4, 0.5) is 17.2 Å². The number of hydrogen-bond donors (Lipinski definition) is 2. The number of nitrogens with zero attached hydrogens (tertiary/aromatic N) is 2. The summed E-state index contributed by atoms with van der Waals surface area (Å²) in [5.41, 5.74) is 5.17. The number of hydrogen-bond acceptors (Lipinski definition) is 5. The molecular formula is C22H24N4O2. The summed E-state index contributed by atoms with van der Waals surface area (Å²) in [6, 6.07) is 13.2. The zero-order chi connectivity index (χ0) is 20.3. The molecule has 0 radical (unpaired) electrons. The van der Waals surface area contributed by atoms with Gasteiger partial charge in [0.05, 0.1) is 7.11 Å². The van der Waals surface area contributed by atoms with Crippen molar-refractivity contribution in [1.29, 1.82) is 0 Å². The number of benzene rings is 2. The first-order chi connectivity index (χ1) is 13.4. The average molecular weight is 376 g/mol. The van der Waals surface area contributed by atoms with Crippen molar-refractivity contribution in [1.82, 2.24) is 9.97 Å². The third-order valence-corrected chi connectivity index (χ3v) is 4.35. The molecule has 2 aromatic carbocycles. The van der Waals surface area contributed by atoms with Crippen molar-refractivity contribution in [2.45, 2.75) is 27.7 Å². The van der Waals surface area contributed by atoms with E-state index in [1.807, 2.05) is 57.2 Å². The lowest BCUT2D eigenvalue weighted by Crippen LogP contribution is -2.17. The molecule has 28 heavy (non-hydrogen) atoms. The van der Waals surface area contributed by atoms with E-state index in [1.54, 1.807) is 20.1 Å². The molecule has 0 saturated heterocycles. The molecule has 3 rings (SSSR count). The molecule has 0 bridgehead atoms. The Morgan fingerprint density at radius 1 is 0.929 bits per heavy atom. The Balaban J connectivity index is 1.83. The summed E-state index contributed by atoms with van der Waals surface area (Å²) in [7, 11) is 1.62. The summed E-state index contributed by atoms with van der Waals surface area (Å²) in [4.78, 5) is 21.5. The number of ether oxygens (including phenoxy) is 1. The molecule has 0 saturated carbocycles. The lowest BCUT2D eigenvalue weighted by Gasteiger charge is -2.13. The summed E-state index contributed by atoms with van der Waals surface area (Å²) in [5.74, 6) is 1.58. The number of anilines is 3. The number of carbonyl (C=O) groups excluding carboxylic acids is 1. The van der Waals surface area contributed by atoms with Crippen LogP contribution in [0.15, 0.2) is 42.5 Å². The van der Waals surface area contributed by atoms with Crippen LogP contribution in [0.2, 0.25) is 0 Å². The Hall–Kier alpha value is -3.41. The van der Waals surface area contributed by atoms with E-state index in [0.29, 0.717) is 17.3 Å². The molecule has 0 spiro atoms. The van der Waals surface area contributed by atoms with Crippen LogP contribution in [-0.2, 0) is 0 Å². The van der Waals surface area contributed by atoms with Crippen LogP contribution in [0.5, 0.6) is 5.75 Å². The summed E-state index contributed by atoms with van der Waals surface area (Å²) < 4.78 is 5.17. The summed E-state index contributed by atoms with van der Waals surface area (Å²) >= 11 is 0. The van der Waals surface area contributed by atoms with Crippen molar-refractivity contribution >= 4 is 23.1 Å². The van der Waals surface area contributed by atoms with E-state index >= 15 is 0 Å². The van der Waals surface area contributed by atoms with Gasteiger partial charge in [0.1, 0.15) is 23.1 Å². The van der Waals surface area contributed by atoms with Crippen LogP contribution >= 0.6 is 0 Å². The molecule has 2 N–H and O–H groups in total. The molecule has 6 heteroatoms. The quantitative estimate of drug-likeness (QED) is 0.674. The van der Waals surface area contributed by atoms with Gasteiger partial charge in [0, 0.05) is 17.4 Å². The molecule has 1 aromatic heterocycles. The van der Waals surface area contributed by atoms with Crippen LogP contribution in [-0.4, -0.2) is 23.0 Å². The second kappa shape index (κ2) is 8.08. The molecule has 3 aromatic rings. The molecule has 1 amide bonds. The first kappa shape index (κ1) is 19.4. The third-order valence-electron chi connectivity index (χ3n) is 4.35. The Labute approximate surface area is 165 Å². The Kier molecular flexibility index (Phi) is 5.59. The minimum Gasteiger partial charge on any atom is -0.497 e. The number of aromatic nitrogens is 2. The van der Waals surface area contributed by atoms with Crippen molar-refractivity contribution in [3.05, 3.63) is 70.7 Å². The van der Waals surface area contributed by atoms with E-state index in [2.05, 4.69) is 20.6 Å². The van der Waals surface area contributed by atoms with Crippen molar-refractivity contribution in [3.63, 3.8) is 0 Å². The SMILES string of the molecule is COc1ccc(Nc2cc(C(=O)Nc3c(C)cc(C)cc3C)nc(C)n2)cc1. The Morgan fingerprint density at radius 3 is 2.18 bits per heavy atom. The van der Waals surface area contributed by atoms with Crippen LogP contribution in [0.1, 0.15) is 33.0 Å². The van der Waals surface area contributed by atoms with E-state index < -0.39 is 0 Å². The van der Waals surface area contributed by atoms with Crippen molar-refractivity contribution < 1.29 is 9.53 Å². The molecule has 6 nitrogen and oxygen atoms in total. The maximum absolute atomic E-state index is 12.8. The fourth-order valence-electron chi connectivity index (χ4n) is 3.13. The molecular weight excluding hydrogens is 352 g/mol. The number of carbonyl (C=O) groups is 1. The van der Waals surface area contributed by atoms with Gasteiger partial charge >= 0.3 is 0 Å². The van der Waals surface area contributed by atoms with Gasteiger partial charge in [-0.2, -0.15) is 0 Å². The minimum absolute atomic E-state index is 0.265. The Bertz CT molecular complexity index is 991. The fourth-order valence-corrected chi connectivity index (χ4v) is 3.13. The van der Waals surface area contributed by atoms with E-state index in [4.69, 9.17) is 4.74 Å². The standard InChI is InChI=1S/C22H24N4O2/c1-13-10-14(2)21(15(3)11-13)26-22(27)19-12-20(24-16(4)23-19)25-17-6-8-18(28-5)9-7-17/h6-12H,1-5H3,(H,26,27)(H,23,24,25). The number of rotatable bonds is 5. The largest absolute Gasteiger partial charge is 0.497 e. The monoisotopic (exact) mass is 376 g/mol. The third kappa shape index (κ3) is 4.46. The van der Waals surface area contributed by atoms with E-state index in [-0.39, 0.29) is 5.91 Å². The predicted octanol–water partition coefficient (Wildman–Crippen LogP) is 4.71. The van der Waals surface area contributed by atoms with Crippen LogP contribution in [0.3, 0.4) is 0 Å². The predicted molar refractivity (Wildman–Crippen MR) is 112 cm³/mol. The van der Waals surface area contributed by atoms with Gasteiger partial charge in [0.2, 0.25) is 0 Å². The molecule has 1 heterocycles. The van der Waals surface area contributed by atoms with Crippen molar-refractivity contribution in [2.75, 3.05) is 17.7 Å².